The number of aryl methyl sites for hydroxylation is 1. The molecule has 4 heteroatoms. The summed E-state index contributed by atoms with van der Waals surface area (Å²) in [6.45, 7) is 15.3. The van der Waals surface area contributed by atoms with Gasteiger partial charge in [-0.1, -0.05) is 39.0 Å². The van der Waals surface area contributed by atoms with Gasteiger partial charge in [0.15, 0.2) is 5.75 Å². The highest BCUT2D eigenvalue weighted by molar-refractivity contribution is 6.74. The third-order valence-electron chi connectivity index (χ3n) is 5.92. The van der Waals surface area contributed by atoms with Crippen molar-refractivity contribution in [3.63, 3.8) is 0 Å². The van der Waals surface area contributed by atoms with Crippen LogP contribution in [0.1, 0.15) is 38.8 Å². The average Bonchev–Trinajstić information content (AvgIpc) is 2.97. The van der Waals surface area contributed by atoms with Crippen LogP contribution in [0, 0.1) is 6.92 Å². The van der Waals surface area contributed by atoms with Gasteiger partial charge in [0, 0.05) is 16.5 Å². The Morgan fingerprint density at radius 1 is 1.00 bits per heavy atom. The highest BCUT2D eigenvalue weighted by atomic mass is 28.4. The molecular formula is C25H32O3Si. The van der Waals surface area contributed by atoms with Gasteiger partial charge in [0.05, 0.1) is 7.11 Å². The van der Waals surface area contributed by atoms with Crippen molar-refractivity contribution in [1.82, 2.24) is 0 Å². The third-order valence-corrected chi connectivity index (χ3v) is 10.3. The monoisotopic (exact) mass is 408 g/mol. The molecule has 3 nitrogen and oxygen atoms in total. The lowest BCUT2D eigenvalue weighted by Gasteiger charge is -2.36. The first-order valence-corrected chi connectivity index (χ1v) is 13.0. The number of ether oxygens (including phenoxy) is 1. The molecule has 1 heterocycles. The number of methoxy groups -OCH3 is 1. The molecule has 154 valence electrons. The predicted octanol–water partition coefficient (Wildman–Crippen LogP) is 7.83. The number of allylic oxidation sites excluding steroid dienone is 1. The van der Waals surface area contributed by atoms with Gasteiger partial charge >= 0.3 is 0 Å². The Morgan fingerprint density at radius 2 is 1.72 bits per heavy atom. The second-order valence-electron chi connectivity index (χ2n) is 9.04. The number of benzene rings is 2. The number of rotatable bonds is 5. The van der Waals surface area contributed by atoms with E-state index in [-0.39, 0.29) is 5.04 Å². The predicted molar refractivity (Wildman–Crippen MR) is 125 cm³/mol. The van der Waals surface area contributed by atoms with Gasteiger partial charge in [0.25, 0.3) is 8.32 Å². The standard InChI is InChI=1S/C25H32O3Si/c1-9-10-18-11-13-21-20(15-18)17(2)24(27-21)19-12-14-22(23(16-19)26-6)28-29(7,8)25(3,4)5/h9-16H,1-8H3/b10-9+. The fraction of sp³-hybridized carbons (Fsp3) is 0.360. The SMILES string of the molecule is C/C=C/c1ccc2oc(-c3ccc(O[Si](C)(C)C(C)(C)C)c(OC)c3)c(C)c2c1. The molecule has 3 rings (SSSR count). The summed E-state index contributed by atoms with van der Waals surface area (Å²) < 4.78 is 18.4. The third kappa shape index (κ3) is 4.13. The fourth-order valence-electron chi connectivity index (χ4n) is 3.13. The van der Waals surface area contributed by atoms with Crippen LogP contribution in [0.25, 0.3) is 28.4 Å². The Balaban J connectivity index is 2.03. The van der Waals surface area contributed by atoms with Gasteiger partial charge in [-0.3, -0.25) is 0 Å². The Kier molecular flexibility index (Phi) is 5.68. The zero-order chi connectivity index (χ0) is 21.4. The first-order valence-electron chi connectivity index (χ1n) is 10.1. The van der Waals surface area contributed by atoms with E-state index in [9.17, 15) is 0 Å². The summed E-state index contributed by atoms with van der Waals surface area (Å²) in [5.41, 5.74) is 4.19. The molecule has 0 aliphatic heterocycles. The summed E-state index contributed by atoms with van der Waals surface area (Å²) in [7, 11) is -0.265. The van der Waals surface area contributed by atoms with Gasteiger partial charge in [0.1, 0.15) is 17.1 Å². The van der Waals surface area contributed by atoms with Crippen molar-refractivity contribution < 1.29 is 13.6 Å². The molecule has 0 saturated heterocycles. The molecule has 0 N–H and O–H groups in total. The molecule has 0 aliphatic rings. The molecular weight excluding hydrogens is 376 g/mol. The minimum absolute atomic E-state index is 0.122. The van der Waals surface area contributed by atoms with Crippen molar-refractivity contribution in [3.8, 4) is 22.8 Å². The van der Waals surface area contributed by atoms with Gasteiger partial charge in [-0.15, -0.1) is 0 Å². The summed E-state index contributed by atoms with van der Waals surface area (Å²) in [6.07, 6.45) is 4.14. The molecule has 1 aromatic heterocycles. The molecule has 29 heavy (non-hydrogen) atoms. The molecule has 0 saturated carbocycles. The van der Waals surface area contributed by atoms with Gasteiger partial charge in [0.2, 0.25) is 0 Å². The normalized spacial score (nSPS) is 12.7. The van der Waals surface area contributed by atoms with E-state index in [1.165, 1.54) is 5.56 Å². The number of furan rings is 1. The van der Waals surface area contributed by atoms with Crippen LogP contribution in [0.2, 0.25) is 18.1 Å². The maximum Gasteiger partial charge on any atom is 0.250 e. The zero-order valence-corrected chi connectivity index (χ0v) is 19.8. The van der Waals surface area contributed by atoms with Crippen LogP contribution in [0.3, 0.4) is 0 Å². The summed E-state index contributed by atoms with van der Waals surface area (Å²) in [6, 6.07) is 12.4. The molecule has 0 aliphatic carbocycles. The molecule has 0 radical (unpaired) electrons. The number of fused-ring (bicyclic) bond motifs is 1. The summed E-state index contributed by atoms with van der Waals surface area (Å²) >= 11 is 0. The molecule has 0 spiro atoms. The van der Waals surface area contributed by atoms with Crippen LogP contribution in [0.4, 0.5) is 0 Å². The van der Waals surface area contributed by atoms with Gasteiger partial charge in [-0.05, 0) is 67.9 Å². The second-order valence-corrected chi connectivity index (χ2v) is 13.8. The number of hydrogen-bond donors (Lipinski definition) is 0. The number of hydrogen-bond acceptors (Lipinski definition) is 3. The minimum atomic E-state index is -1.95. The van der Waals surface area contributed by atoms with Crippen LogP contribution in [-0.4, -0.2) is 15.4 Å². The topological polar surface area (TPSA) is 31.6 Å². The smallest absolute Gasteiger partial charge is 0.250 e. The van der Waals surface area contributed by atoms with E-state index >= 15 is 0 Å². The Bertz CT molecular complexity index is 1050. The van der Waals surface area contributed by atoms with Crippen molar-refractivity contribution in [2.24, 2.45) is 0 Å². The van der Waals surface area contributed by atoms with Crippen molar-refractivity contribution >= 4 is 25.4 Å². The summed E-state index contributed by atoms with van der Waals surface area (Å²) in [5.74, 6) is 2.41. The summed E-state index contributed by atoms with van der Waals surface area (Å²) in [4.78, 5) is 0. The lowest BCUT2D eigenvalue weighted by molar-refractivity contribution is 0.386. The second kappa shape index (κ2) is 7.75. The first kappa shape index (κ1) is 21.3. The van der Waals surface area contributed by atoms with Crippen LogP contribution >= 0.6 is 0 Å². The highest BCUT2D eigenvalue weighted by Crippen LogP contribution is 2.42. The summed E-state index contributed by atoms with van der Waals surface area (Å²) in [5, 5.41) is 1.26. The van der Waals surface area contributed by atoms with Crippen molar-refractivity contribution in [3.05, 3.63) is 53.6 Å². The minimum Gasteiger partial charge on any atom is -0.541 e. The Hall–Kier alpha value is -2.46. The molecule has 0 bridgehead atoms. The van der Waals surface area contributed by atoms with Gasteiger partial charge in [-0.25, -0.2) is 0 Å². The maximum absolute atomic E-state index is 6.49. The fourth-order valence-corrected chi connectivity index (χ4v) is 4.16. The van der Waals surface area contributed by atoms with E-state index in [0.717, 1.165) is 39.4 Å². The Morgan fingerprint density at radius 3 is 2.34 bits per heavy atom. The molecule has 2 aromatic carbocycles. The van der Waals surface area contributed by atoms with Crippen LogP contribution < -0.4 is 9.16 Å². The molecule has 0 amide bonds. The quantitative estimate of drug-likeness (QED) is 0.403. The average molecular weight is 409 g/mol. The lowest BCUT2D eigenvalue weighted by atomic mass is 10.0. The van der Waals surface area contributed by atoms with E-state index in [0.29, 0.717) is 0 Å². The highest BCUT2D eigenvalue weighted by Gasteiger charge is 2.39. The van der Waals surface area contributed by atoms with E-state index in [1.807, 2.05) is 31.2 Å². The lowest BCUT2D eigenvalue weighted by Crippen LogP contribution is -2.43. The largest absolute Gasteiger partial charge is 0.541 e. The molecule has 0 fully saturated rings. The molecule has 0 unspecified atom stereocenters. The van der Waals surface area contributed by atoms with E-state index in [4.69, 9.17) is 13.6 Å². The van der Waals surface area contributed by atoms with Crippen LogP contribution in [0.15, 0.2) is 46.9 Å². The van der Waals surface area contributed by atoms with Crippen molar-refractivity contribution in [2.45, 2.75) is 52.8 Å². The van der Waals surface area contributed by atoms with Crippen LogP contribution in [0.5, 0.6) is 11.5 Å². The zero-order valence-electron chi connectivity index (χ0n) is 18.8. The van der Waals surface area contributed by atoms with Gasteiger partial charge in [-0.2, -0.15) is 0 Å². The van der Waals surface area contributed by atoms with Crippen molar-refractivity contribution in [2.75, 3.05) is 7.11 Å². The molecule has 3 aromatic rings. The van der Waals surface area contributed by atoms with Crippen molar-refractivity contribution in [1.29, 1.82) is 0 Å². The van der Waals surface area contributed by atoms with E-state index in [1.54, 1.807) is 7.11 Å². The van der Waals surface area contributed by atoms with Gasteiger partial charge < -0.3 is 13.6 Å². The maximum atomic E-state index is 6.49. The first-order chi connectivity index (χ1) is 13.6. The van der Waals surface area contributed by atoms with E-state index in [2.05, 4.69) is 65.1 Å². The van der Waals surface area contributed by atoms with E-state index < -0.39 is 8.32 Å². The molecule has 0 atom stereocenters. The Labute approximate surface area is 175 Å². The van der Waals surface area contributed by atoms with Crippen LogP contribution in [-0.2, 0) is 0 Å².